The van der Waals surface area contributed by atoms with Crippen LogP contribution in [-0.4, -0.2) is 9.38 Å². The molecule has 0 amide bonds. The molecule has 0 saturated carbocycles. The number of imidazole rings is 1. The van der Waals surface area contributed by atoms with Crippen LogP contribution in [0.4, 0.5) is 0 Å². The molecule has 68 valence electrons. The van der Waals surface area contributed by atoms with Gasteiger partial charge in [-0.1, -0.05) is 6.07 Å². The fraction of sp³-hybridized carbons (Fsp3) is 0. The van der Waals surface area contributed by atoms with Crippen LogP contribution >= 0.6 is 0 Å². The molecule has 0 fully saturated rings. The Hall–Kier alpha value is -2.03. The Labute approximate surface area is 80.6 Å². The first kappa shape index (κ1) is 7.38. The summed E-state index contributed by atoms with van der Waals surface area (Å²) in [6, 6.07) is 9.67. The van der Waals surface area contributed by atoms with E-state index in [9.17, 15) is 0 Å². The zero-order chi connectivity index (χ0) is 9.38. The van der Waals surface area contributed by atoms with Crippen LogP contribution in [0.2, 0.25) is 0 Å². The van der Waals surface area contributed by atoms with E-state index in [1.807, 2.05) is 47.1 Å². The smallest absolute Gasteiger partial charge is 0.153 e. The van der Waals surface area contributed by atoms with Crippen molar-refractivity contribution < 1.29 is 4.42 Å². The van der Waals surface area contributed by atoms with E-state index in [1.165, 1.54) is 0 Å². The molecule has 0 bridgehead atoms. The Morgan fingerprint density at radius 3 is 2.93 bits per heavy atom. The molecule has 0 aliphatic heterocycles. The molecule has 3 heterocycles. The number of pyridine rings is 1. The van der Waals surface area contributed by atoms with Crippen LogP contribution in [0, 0.1) is 0 Å². The van der Waals surface area contributed by atoms with Gasteiger partial charge in [0.2, 0.25) is 0 Å². The summed E-state index contributed by atoms with van der Waals surface area (Å²) in [5, 5.41) is 0. The van der Waals surface area contributed by atoms with E-state index in [4.69, 9.17) is 4.42 Å². The number of hydrogen-bond acceptors (Lipinski definition) is 2. The monoisotopic (exact) mass is 184 g/mol. The largest absolute Gasteiger partial charge is 0.463 e. The average Bonchev–Trinajstić information content (AvgIpc) is 2.86. The van der Waals surface area contributed by atoms with E-state index in [1.54, 1.807) is 6.26 Å². The third-order valence-corrected chi connectivity index (χ3v) is 2.14. The fourth-order valence-corrected chi connectivity index (χ4v) is 1.48. The molecule has 0 saturated heterocycles. The van der Waals surface area contributed by atoms with E-state index >= 15 is 0 Å². The van der Waals surface area contributed by atoms with Crippen molar-refractivity contribution >= 4 is 5.65 Å². The van der Waals surface area contributed by atoms with Gasteiger partial charge < -0.3 is 8.82 Å². The third kappa shape index (κ3) is 1.03. The van der Waals surface area contributed by atoms with Gasteiger partial charge in [-0.15, -0.1) is 0 Å². The summed E-state index contributed by atoms with van der Waals surface area (Å²) in [7, 11) is 0. The first-order valence-electron chi connectivity index (χ1n) is 4.41. The predicted octanol–water partition coefficient (Wildman–Crippen LogP) is 2.59. The van der Waals surface area contributed by atoms with Gasteiger partial charge in [-0.3, -0.25) is 0 Å². The minimum absolute atomic E-state index is 0.800. The maximum atomic E-state index is 5.27. The Morgan fingerprint density at radius 1 is 1.14 bits per heavy atom. The topological polar surface area (TPSA) is 30.4 Å². The molecule has 0 atom stereocenters. The highest BCUT2D eigenvalue weighted by Crippen LogP contribution is 2.18. The van der Waals surface area contributed by atoms with Crippen LogP contribution in [0.25, 0.3) is 17.1 Å². The zero-order valence-corrected chi connectivity index (χ0v) is 7.42. The van der Waals surface area contributed by atoms with Crippen LogP contribution in [0.3, 0.4) is 0 Å². The molecule has 0 N–H and O–H groups in total. The summed E-state index contributed by atoms with van der Waals surface area (Å²) >= 11 is 0. The van der Waals surface area contributed by atoms with Gasteiger partial charge in [0.1, 0.15) is 11.3 Å². The molecule has 0 aliphatic carbocycles. The first-order chi connectivity index (χ1) is 6.93. The van der Waals surface area contributed by atoms with Crippen molar-refractivity contribution in [3.05, 3.63) is 49.0 Å². The first-order valence-corrected chi connectivity index (χ1v) is 4.41. The van der Waals surface area contributed by atoms with Crippen LogP contribution in [0.15, 0.2) is 53.4 Å². The molecule has 0 aromatic carbocycles. The molecule has 3 heteroatoms. The number of aromatic nitrogens is 2. The highest BCUT2D eigenvalue weighted by Gasteiger charge is 2.04. The van der Waals surface area contributed by atoms with E-state index in [0.717, 1.165) is 17.1 Å². The number of rotatable bonds is 1. The van der Waals surface area contributed by atoms with Gasteiger partial charge >= 0.3 is 0 Å². The predicted molar refractivity (Wildman–Crippen MR) is 52.9 cm³/mol. The standard InChI is InChI=1S/C11H8N2O/c1-2-6-13-8-9(12-11(13)5-1)10-4-3-7-14-10/h1-8H. The van der Waals surface area contributed by atoms with Crippen LogP contribution in [-0.2, 0) is 0 Å². The Kier molecular flexibility index (Phi) is 1.44. The highest BCUT2D eigenvalue weighted by molar-refractivity contribution is 5.56. The van der Waals surface area contributed by atoms with Crippen LogP contribution in [0.1, 0.15) is 0 Å². The van der Waals surface area contributed by atoms with Gasteiger partial charge in [-0.05, 0) is 24.3 Å². The lowest BCUT2D eigenvalue weighted by Crippen LogP contribution is -1.77. The van der Waals surface area contributed by atoms with Crippen LogP contribution in [0.5, 0.6) is 0 Å². The minimum atomic E-state index is 0.800. The van der Waals surface area contributed by atoms with Crippen LogP contribution < -0.4 is 0 Å². The molecule has 0 aliphatic rings. The molecule has 0 radical (unpaired) electrons. The van der Waals surface area contributed by atoms with Crippen molar-refractivity contribution in [2.45, 2.75) is 0 Å². The van der Waals surface area contributed by atoms with E-state index in [-0.39, 0.29) is 0 Å². The molecule has 3 aromatic rings. The van der Waals surface area contributed by atoms with E-state index in [0.29, 0.717) is 0 Å². The third-order valence-electron chi connectivity index (χ3n) is 2.14. The van der Waals surface area contributed by atoms with Crippen molar-refractivity contribution in [2.75, 3.05) is 0 Å². The average molecular weight is 184 g/mol. The second-order valence-corrected chi connectivity index (χ2v) is 3.07. The van der Waals surface area contributed by atoms with Gasteiger partial charge in [0.25, 0.3) is 0 Å². The highest BCUT2D eigenvalue weighted by atomic mass is 16.3. The minimum Gasteiger partial charge on any atom is -0.463 e. The number of furan rings is 1. The molecule has 0 spiro atoms. The summed E-state index contributed by atoms with van der Waals surface area (Å²) in [5.74, 6) is 0.800. The Morgan fingerprint density at radius 2 is 2.14 bits per heavy atom. The van der Waals surface area contributed by atoms with Crippen molar-refractivity contribution in [3.8, 4) is 11.5 Å². The van der Waals surface area contributed by atoms with E-state index < -0.39 is 0 Å². The number of fused-ring (bicyclic) bond motifs is 1. The van der Waals surface area contributed by atoms with Crippen molar-refractivity contribution in [2.24, 2.45) is 0 Å². The SMILES string of the molecule is c1coc(-c2cn3ccccc3n2)c1. The summed E-state index contributed by atoms with van der Waals surface area (Å²) < 4.78 is 7.24. The quantitative estimate of drug-likeness (QED) is 0.582. The molecule has 14 heavy (non-hydrogen) atoms. The van der Waals surface area contributed by atoms with Gasteiger partial charge in [-0.25, -0.2) is 4.98 Å². The maximum Gasteiger partial charge on any atom is 0.153 e. The summed E-state index contributed by atoms with van der Waals surface area (Å²) in [5.41, 5.74) is 1.79. The van der Waals surface area contributed by atoms with E-state index in [2.05, 4.69) is 4.98 Å². The van der Waals surface area contributed by atoms with Gasteiger partial charge in [0, 0.05) is 12.4 Å². The molecule has 3 nitrogen and oxygen atoms in total. The van der Waals surface area contributed by atoms with Gasteiger partial charge in [-0.2, -0.15) is 0 Å². The normalized spacial score (nSPS) is 10.9. The molecular weight excluding hydrogens is 176 g/mol. The van der Waals surface area contributed by atoms with Crippen molar-refractivity contribution in [1.82, 2.24) is 9.38 Å². The molecule has 3 rings (SSSR count). The lowest BCUT2D eigenvalue weighted by atomic mass is 10.4. The lowest BCUT2D eigenvalue weighted by Gasteiger charge is -1.86. The Bertz CT molecular complexity index is 518. The molecule has 0 unspecified atom stereocenters. The molecule has 3 aromatic heterocycles. The number of nitrogens with zero attached hydrogens (tertiary/aromatic N) is 2. The molecular formula is C11H8N2O. The second kappa shape index (κ2) is 2.73. The summed E-state index contributed by atoms with van der Waals surface area (Å²) in [6.45, 7) is 0. The second-order valence-electron chi connectivity index (χ2n) is 3.07. The lowest BCUT2D eigenvalue weighted by molar-refractivity contribution is 0.580. The van der Waals surface area contributed by atoms with Gasteiger partial charge in [0.15, 0.2) is 5.76 Å². The summed E-state index contributed by atoms with van der Waals surface area (Å²) in [6.07, 6.45) is 5.57. The zero-order valence-electron chi connectivity index (χ0n) is 7.42. The van der Waals surface area contributed by atoms with Crippen molar-refractivity contribution in [3.63, 3.8) is 0 Å². The maximum absolute atomic E-state index is 5.27. The van der Waals surface area contributed by atoms with Gasteiger partial charge in [0.05, 0.1) is 6.26 Å². The Balaban J connectivity index is 2.24. The van der Waals surface area contributed by atoms with Crippen molar-refractivity contribution in [1.29, 1.82) is 0 Å². The summed E-state index contributed by atoms with van der Waals surface area (Å²) in [4.78, 5) is 4.42. The fourth-order valence-electron chi connectivity index (χ4n) is 1.48. The number of hydrogen-bond donors (Lipinski definition) is 0.